The molecule has 18 heavy (non-hydrogen) atoms. The summed E-state index contributed by atoms with van der Waals surface area (Å²) >= 11 is 0. The molecule has 0 aromatic carbocycles. The van der Waals surface area contributed by atoms with Crippen molar-refractivity contribution in [2.24, 2.45) is 5.92 Å². The van der Waals surface area contributed by atoms with E-state index in [0.717, 1.165) is 5.56 Å². The molecule has 5 heteroatoms. The molecule has 3 heterocycles. The second-order valence-corrected chi connectivity index (χ2v) is 4.82. The first-order chi connectivity index (χ1) is 8.75. The molecule has 2 aliphatic rings. The Morgan fingerprint density at radius 2 is 2.17 bits per heavy atom. The molecule has 0 spiro atoms. The number of nitrogens with zero attached hydrogens (tertiary/aromatic N) is 2. The molecule has 0 radical (unpaired) electrons. The fourth-order valence-electron chi connectivity index (χ4n) is 2.72. The van der Waals surface area contributed by atoms with Gasteiger partial charge in [0.15, 0.2) is 6.29 Å². The van der Waals surface area contributed by atoms with E-state index in [9.17, 15) is 0 Å². The second kappa shape index (κ2) is 4.93. The van der Waals surface area contributed by atoms with Gasteiger partial charge in [-0.1, -0.05) is 6.07 Å². The minimum absolute atomic E-state index is 0.0603. The molecule has 2 fully saturated rings. The summed E-state index contributed by atoms with van der Waals surface area (Å²) in [7, 11) is 1.95. The Bertz CT molecular complexity index is 400. The van der Waals surface area contributed by atoms with Crippen LogP contribution in [0, 0.1) is 5.92 Å². The fourth-order valence-corrected chi connectivity index (χ4v) is 2.72. The third-order valence-electron chi connectivity index (χ3n) is 3.62. The van der Waals surface area contributed by atoms with Crippen LogP contribution in [0.5, 0.6) is 0 Å². The van der Waals surface area contributed by atoms with Gasteiger partial charge in [0.2, 0.25) is 0 Å². The van der Waals surface area contributed by atoms with Crippen LogP contribution in [-0.4, -0.2) is 42.7 Å². The topological polar surface area (TPSA) is 43.8 Å². The Hall–Kier alpha value is -1.01. The van der Waals surface area contributed by atoms with Crippen LogP contribution in [0.25, 0.3) is 0 Å². The van der Waals surface area contributed by atoms with Crippen LogP contribution in [0.3, 0.4) is 0 Å². The van der Waals surface area contributed by atoms with Crippen molar-refractivity contribution in [3.63, 3.8) is 0 Å². The zero-order valence-corrected chi connectivity index (χ0v) is 10.7. The van der Waals surface area contributed by atoms with Gasteiger partial charge in [0.25, 0.3) is 0 Å². The Morgan fingerprint density at radius 3 is 2.94 bits per heavy atom. The van der Waals surface area contributed by atoms with E-state index >= 15 is 0 Å². The highest BCUT2D eigenvalue weighted by atomic mass is 16.7. The maximum atomic E-state index is 5.86. The molecule has 1 aromatic rings. The lowest BCUT2D eigenvalue weighted by Crippen LogP contribution is -2.25. The quantitative estimate of drug-likeness (QED) is 0.753. The van der Waals surface area contributed by atoms with Crippen molar-refractivity contribution in [3.8, 4) is 0 Å². The van der Waals surface area contributed by atoms with Gasteiger partial charge in [0, 0.05) is 25.4 Å². The van der Waals surface area contributed by atoms with Crippen LogP contribution < -0.4 is 0 Å². The van der Waals surface area contributed by atoms with E-state index in [1.165, 1.54) is 0 Å². The summed E-state index contributed by atoms with van der Waals surface area (Å²) in [6.45, 7) is 3.15. The molecule has 0 N–H and O–H groups in total. The highest BCUT2D eigenvalue weighted by Gasteiger charge is 2.44. The first-order valence-corrected chi connectivity index (χ1v) is 6.28. The molecule has 0 bridgehead atoms. The van der Waals surface area contributed by atoms with E-state index in [2.05, 4.69) is 11.1 Å². The van der Waals surface area contributed by atoms with Crippen LogP contribution in [0.15, 0.2) is 24.5 Å². The summed E-state index contributed by atoms with van der Waals surface area (Å²) in [5.41, 5.74) is 1.16. The average Bonchev–Trinajstić information content (AvgIpc) is 2.60. The van der Waals surface area contributed by atoms with Crippen molar-refractivity contribution in [1.82, 2.24) is 10.0 Å². The maximum absolute atomic E-state index is 5.86. The summed E-state index contributed by atoms with van der Waals surface area (Å²) in [5, 5.41) is 1.90. The van der Waals surface area contributed by atoms with Crippen molar-refractivity contribution in [3.05, 3.63) is 30.1 Å². The largest absolute Gasteiger partial charge is 0.353 e. The summed E-state index contributed by atoms with van der Waals surface area (Å²) in [6, 6.07) is 4.21. The van der Waals surface area contributed by atoms with Crippen LogP contribution in [0.2, 0.25) is 0 Å². The van der Waals surface area contributed by atoms with Gasteiger partial charge in [0.1, 0.15) is 6.10 Å². The highest BCUT2D eigenvalue weighted by molar-refractivity contribution is 5.16. The first kappa shape index (κ1) is 12.0. The zero-order chi connectivity index (χ0) is 12.5. The molecule has 98 valence electrons. The molecule has 0 unspecified atom stereocenters. The van der Waals surface area contributed by atoms with Crippen LogP contribution >= 0.6 is 0 Å². The average molecular weight is 250 g/mol. The van der Waals surface area contributed by atoms with Crippen LogP contribution in [0.4, 0.5) is 0 Å². The maximum Gasteiger partial charge on any atom is 0.154 e. The van der Waals surface area contributed by atoms with Gasteiger partial charge in [-0.2, -0.15) is 5.06 Å². The predicted molar refractivity (Wildman–Crippen MR) is 64.5 cm³/mol. The lowest BCUT2D eigenvalue weighted by atomic mass is 9.91. The van der Waals surface area contributed by atoms with Gasteiger partial charge in [-0.05, 0) is 18.6 Å². The minimum atomic E-state index is -0.154. The highest BCUT2D eigenvalue weighted by Crippen LogP contribution is 2.39. The number of aromatic nitrogens is 1. The number of ether oxygens (including phenoxy) is 2. The molecular weight excluding hydrogens is 232 g/mol. The number of hydrogen-bond acceptors (Lipinski definition) is 5. The molecule has 2 saturated heterocycles. The fraction of sp³-hybridized carbons (Fsp3) is 0.615. The molecule has 2 aliphatic heterocycles. The van der Waals surface area contributed by atoms with Gasteiger partial charge in [-0.3, -0.25) is 9.82 Å². The third-order valence-corrected chi connectivity index (χ3v) is 3.62. The normalized spacial score (nSPS) is 37.2. The second-order valence-electron chi connectivity index (χ2n) is 4.82. The van der Waals surface area contributed by atoms with Gasteiger partial charge >= 0.3 is 0 Å². The molecule has 5 nitrogen and oxygen atoms in total. The number of hydroxylamine groups is 2. The van der Waals surface area contributed by atoms with Crippen molar-refractivity contribution >= 4 is 0 Å². The van der Waals surface area contributed by atoms with Crippen LogP contribution in [0.1, 0.15) is 18.5 Å². The van der Waals surface area contributed by atoms with E-state index in [0.29, 0.717) is 13.2 Å². The summed E-state index contributed by atoms with van der Waals surface area (Å²) in [5.74, 6) is 0.282. The summed E-state index contributed by atoms with van der Waals surface area (Å²) in [6.07, 6.45) is 3.58. The van der Waals surface area contributed by atoms with E-state index in [-0.39, 0.29) is 24.4 Å². The Labute approximate surface area is 107 Å². The SMILES string of the molecule is C[C@H]1OC[C@H]2[C@H](CO1)ON(C)[C@@H]2c1cccnc1. The van der Waals surface area contributed by atoms with Gasteiger partial charge in [-0.25, -0.2) is 0 Å². The van der Waals surface area contributed by atoms with Crippen molar-refractivity contribution in [2.75, 3.05) is 20.3 Å². The van der Waals surface area contributed by atoms with Crippen molar-refractivity contribution in [2.45, 2.75) is 25.4 Å². The van der Waals surface area contributed by atoms with Crippen molar-refractivity contribution in [1.29, 1.82) is 0 Å². The number of fused-ring (bicyclic) bond motifs is 1. The third kappa shape index (κ3) is 2.14. The van der Waals surface area contributed by atoms with E-state index in [1.807, 2.05) is 31.3 Å². The smallest absolute Gasteiger partial charge is 0.154 e. The van der Waals surface area contributed by atoms with Gasteiger partial charge in [0.05, 0.1) is 19.3 Å². The number of rotatable bonds is 1. The van der Waals surface area contributed by atoms with Gasteiger partial charge in [-0.15, -0.1) is 0 Å². The molecule has 3 rings (SSSR count). The molecule has 4 atom stereocenters. The zero-order valence-electron chi connectivity index (χ0n) is 10.7. The first-order valence-electron chi connectivity index (χ1n) is 6.28. The van der Waals surface area contributed by atoms with E-state index < -0.39 is 0 Å². The molecule has 1 aromatic heterocycles. The molecule has 0 aliphatic carbocycles. The molecule has 0 saturated carbocycles. The molecular formula is C13H18N2O3. The summed E-state index contributed by atoms with van der Waals surface area (Å²) in [4.78, 5) is 10.0. The standard InChI is InChI=1S/C13H18N2O3/c1-9-16-7-11-12(8-17-9)18-15(2)13(11)10-4-3-5-14-6-10/h3-6,9,11-13H,7-8H2,1-2H3/t9-,11-,12-,13+/m0/s1. The Balaban J connectivity index is 1.85. The molecule has 0 amide bonds. The summed E-state index contributed by atoms with van der Waals surface area (Å²) < 4.78 is 11.2. The Kier molecular flexibility index (Phi) is 3.30. The minimum Gasteiger partial charge on any atom is -0.353 e. The van der Waals surface area contributed by atoms with E-state index in [1.54, 1.807) is 6.20 Å². The van der Waals surface area contributed by atoms with Gasteiger partial charge < -0.3 is 9.47 Å². The van der Waals surface area contributed by atoms with Crippen molar-refractivity contribution < 1.29 is 14.3 Å². The lowest BCUT2D eigenvalue weighted by molar-refractivity contribution is -0.180. The monoisotopic (exact) mass is 250 g/mol. The Morgan fingerprint density at radius 1 is 1.33 bits per heavy atom. The predicted octanol–water partition coefficient (Wildman–Crippen LogP) is 1.38. The van der Waals surface area contributed by atoms with E-state index in [4.69, 9.17) is 14.3 Å². The number of hydrogen-bond donors (Lipinski definition) is 0. The van der Waals surface area contributed by atoms with Crippen LogP contribution in [-0.2, 0) is 14.3 Å². The number of pyridine rings is 1. The lowest BCUT2D eigenvalue weighted by Gasteiger charge is -2.22.